The Hall–Kier alpha value is -3.55. The highest BCUT2D eigenvalue weighted by Crippen LogP contribution is 2.29. The van der Waals surface area contributed by atoms with Crippen LogP contribution in [0.2, 0.25) is 0 Å². The number of hydrogen-bond donors (Lipinski definition) is 2. The van der Waals surface area contributed by atoms with E-state index in [1.54, 1.807) is 57.5 Å². The Morgan fingerprint density at radius 3 is 2.34 bits per heavy atom. The predicted molar refractivity (Wildman–Crippen MR) is 125 cm³/mol. The van der Waals surface area contributed by atoms with Crippen molar-refractivity contribution in [1.82, 2.24) is 15.0 Å². The van der Waals surface area contributed by atoms with Crippen LogP contribution in [-0.2, 0) is 0 Å². The molecule has 0 saturated carbocycles. The van der Waals surface area contributed by atoms with Gasteiger partial charge in [-0.25, -0.2) is 4.68 Å². The zero-order chi connectivity index (χ0) is 23.5. The Labute approximate surface area is 189 Å². The van der Waals surface area contributed by atoms with Crippen molar-refractivity contribution in [2.75, 3.05) is 19.5 Å². The number of phenolic OH excluding ortho intramolecular Hbond substituents is 1. The summed E-state index contributed by atoms with van der Waals surface area (Å²) in [4.78, 5) is 12.5. The number of aromatic nitrogens is 3. The first-order valence-electron chi connectivity index (χ1n) is 10.7. The summed E-state index contributed by atoms with van der Waals surface area (Å²) in [7, 11) is 3.11. The molecule has 0 unspecified atom stereocenters. The maximum Gasteiger partial charge on any atom is 0.278 e. The van der Waals surface area contributed by atoms with Crippen molar-refractivity contribution in [1.29, 1.82) is 0 Å². The topological polar surface area (TPSA) is 98.5 Å². The molecular weight excluding hydrogens is 408 g/mol. The number of unbranched alkanes of at least 4 members (excludes halogenated alkanes) is 3. The lowest BCUT2D eigenvalue weighted by molar-refractivity contribution is 0.102. The number of rotatable bonds is 8. The maximum absolute atomic E-state index is 12.5. The number of carbonyl (C=O) groups excluding carboxylic acids is 1. The monoisotopic (exact) mass is 440 g/mol. The summed E-state index contributed by atoms with van der Waals surface area (Å²) in [6.45, 7) is 6.18. The largest absolute Gasteiger partial charge is 0.506 e. The third kappa shape index (κ3) is 6.23. The van der Waals surface area contributed by atoms with Crippen LogP contribution < -0.4 is 14.8 Å². The maximum atomic E-state index is 12.5. The van der Waals surface area contributed by atoms with Crippen LogP contribution in [0.25, 0.3) is 5.69 Å². The van der Waals surface area contributed by atoms with Crippen LogP contribution in [0.5, 0.6) is 17.2 Å². The molecule has 0 fully saturated rings. The van der Waals surface area contributed by atoms with E-state index >= 15 is 0 Å². The first kappa shape index (κ1) is 24.7. The van der Waals surface area contributed by atoms with Crippen molar-refractivity contribution >= 4 is 11.6 Å². The Balaban J connectivity index is 0.000000534. The molecule has 8 heteroatoms. The second-order valence-electron chi connectivity index (χ2n) is 7.15. The van der Waals surface area contributed by atoms with E-state index in [0.29, 0.717) is 28.6 Å². The lowest BCUT2D eigenvalue weighted by atomic mass is 10.2. The van der Waals surface area contributed by atoms with Gasteiger partial charge in [-0.15, -0.1) is 5.10 Å². The zero-order valence-electron chi connectivity index (χ0n) is 19.4. The molecule has 0 aliphatic rings. The number of aromatic hydroxyl groups is 1. The number of ether oxygens (including phenoxy) is 2. The van der Waals surface area contributed by atoms with Gasteiger partial charge < -0.3 is 19.9 Å². The van der Waals surface area contributed by atoms with E-state index < -0.39 is 5.91 Å². The molecule has 1 amide bonds. The molecule has 2 aromatic carbocycles. The normalized spacial score (nSPS) is 10.2. The van der Waals surface area contributed by atoms with Gasteiger partial charge in [-0.3, -0.25) is 4.79 Å². The van der Waals surface area contributed by atoms with Gasteiger partial charge in [0.25, 0.3) is 5.91 Å². The molecule has 1 aromatic heterocycles. The second kappa shape index (κ2) is 12.3. The fourth-order valence-corrected chi connectivity index (χ4v) is 2.99. The summed E-state index contributed by atoms with van der Waals surface area (Å²) in [5, 5.41) is 20.5. The molecule has 0 atom stereocenters. The van der Waals surface area contributed by atoms with Gasteiger partial charge in [0.1, 0.15) is 22.9 Å². The van der Waals surface area contributed by atoms with Gasteiger partial charge in [-0.2, -0.15) is 0 Å². The Kier molecular flexibility index (Phi) is 9.53. The quantitative estimate of drug-likeness (QED) is 0.372. The van der Waals surface area contributed by atoms with Crippen LogP contribution in [0.1, 0.15) is 55.7 Å². The predicted octanol–water partition coefficient (Wildman–Crippen LogP) is 5.14. The molecule has 3 rings (SSSR count). The standard InChI is InChI=1S/C18H18N4O4.C6H14/c1-11-17(18(24)19-13-6-4-5-7-15(13)23)20-21-22(11)14-10-12(25-2)8-9-16(14)26-3;1-3-5-6-4-2/h4-10,23H,1-3H3,(H,19,24);3-6H2,1-2H3. The smallest absolute Gasteiger partial charge is 0.278 e. The van der Waals surface area contributed by atoms with E-state index in [1.165, 1.54) is 36.4 Å². The minimum Gasteiger partial charge on any atom is -0.506 e. The summed E-state index contributed by atoms with van der Waals surface area (Å²) in [5.41, 5.74) is 1.55. The average molecular weight is 441 g/mol. The molecule has 0 aliphatic heterocycles. The Morgan fingerprint density at radius 2 is 1.75 bits per heavy atom. The fourth-order valence-electron chi connectivity index (χ4n) is 2.99. The lowest BCUT2D eigenvalue weighted by Gasteiger charge is -2.11. The number of benzene rings is 2. The van der Waals surface area contributed by atoms with E-state index in [2.05, 4.69) is 29.5 Å². The number of methoxy groups -OCH3 is 2. The van der Waals surface area contributed by atoms with Gasteiger partial charge in [-0.1, -0.05) is 56.9 Å². The second-order valence-corrected chi connectivity index (χ2v) is 7.15. The SMILES string of the molecule is CCCCCC.COc1ccc(OC)c(-n2nnc(C(=O)Nc3ccccc3O)c2C)c1. The number of anilines is 1. The number of phenols is 1. The summed E-state index contributed by atoms with van der Waals surface area (Å²) in [5.74, 6) is 0.680. The van der Waals surface area contributed by atoms with Gasteiger partial charge in [0.15, 0.2) is 5.69 Å². The molecule has 8 nitrogen and oxygen atoms in total. The minimum absolute atomic E-state index is 0.0274. The molecule has 32 heavy (non-hydrogen) atoms. The van der Waals surface area contributed by atoms with Crippen molar-refractivity contribution in [3.63, 3.8) is 0 Å². The molecule has 0 aliphatic carbocycles. The number of carbonyl (C=O) groups is 1. The molecule has 2 N–H and O–H groups in total. The van der Waals surface area contributed by atoms with Crippen LogP contribution >= 0.6 is 0 Å². The van der Waals surface area contributed by atoms with Gasteiger partial charge in [0.2, 0.25) is 0 Å². The number of nitrogens with zero attached hydrogens (tertiary/aromatic N) is 3. The highest BCUT2D eigenvalue weighted by Gasteiger charge is 2.20. The molecule has 1 heterocycles. The van der Waals surface area contributed by atoms with Crippen LogP contribution in [0.3, 0.4) is 0 Å². The van der Waals surface area contributed by atoms with Crippen molar-refractivity contribution in [3.05, 3.63) is 53.9 Å². The molecule has 0 radical (unpaired) electrons. The minimum atomic E-state index is -0.475. The molecule has 3 aromatic rings. The highest BCUT2D eigenvalue weighted by atomic mass is 16.5. The highest BCUT2D eigenvalue weighted by molar-refractivity contribution is 6.04. The van der Waals surface area contributed by atoms with Crippen LogP contribution in [0, 0.1) is 6.92 Å². The van der Waals surface area contributed by atoms with Crippen molar-refractivity contribution in [2.45, 2.75) is 46.5 Å². The Morgan fingerprint density at radius 1 is 1.06 bits per heavy atom. The number of nitrogens with one attached hydrogen (secondary N) is 1. The van der Waals surface area contributed by atoms with Gasteiger partial charge in [-0.05, 0) is 31.2 Å². The van der Waals surface area contributed by atoms with Crippen LogP contribution in [0.4, 0.5) is 5.69 Å². The number of hydrogen-bond acceptors (Lipinski definition) is 6. The van der Waals surface area contributed by atoms with E-state index in [9.17, 15) is 9.90 Å². The van der Waals surface area contributed by atoms with Crippen molar-refractivity contribution in [2.24, 2.45) is 0 Å². The lowest BCUT2D eigenvalue weighted by Crippen LogP contribution is -2.14. The molecule has 172 valence electrons. The van der Waals surface area contributed by atoms with E-state index in [4.69, 9.17) is 9.47 Å². The number of amides is 1. The summed E-state index contributed by atoms with van der Waals surface area (Å²) in [6.07, 6.45) is 5.54. The van der Waals surface area contributed by atoms with E-state index in [0.717, 1.165) is 0 Å². The number of para-hydroxylation sites is 2. The zero-order valence-corrected chi connectivity index (χ0v) is 19.4. The first-order valence-corrected chi connectivity index (χ1v) is 10.7. The summed E-state index contributed by atoms with van der Waals surface area (Å²) >= 11 is 0. The van der Waals surface area contributed by atoms with Crippen molar-refractivity contribution in [3.8, 4) is 22.9 Å². The average Bonchev–Trinajstić information content (AvgIpc) is 3.20. The van der Waals surface area contributed by atoms with E-state index in [-0.39, 0.29) is 11.4 Å². The van der Waals surface area contributed by atoms with Crippen molar-refractivity contribution < 1.29 is 19.4 Å². The molecule has 0 spiro atoms. The van der Waals surface area contributed by atoms with Gasteiger partial charge >= 0.3 is 0 Å². The molecule has 0 saturated heterocycles. The summed E-state index contributed by atoms with van der Waals surface area (Å²) < 4.78 is 12.1. The first-order chi connectivity index (χ1) is 15.5. The van der Waals surface area contributed by atoms with Gasteiger partial charge in [0, 0.05) is 6.07 Å². The van der Waals surface area contributed by atoms with E-state index in [1.807, 2.05) is 0 Å². The molecular formula is C24H32N4O4. The molecule has 0 bridgehead atoms. The van der Waals surface area contributed by atoms with Crippen LogP contribution in [-0.4, -0.2) is 40.2 Å². The Bertz CT molecular complexity index is 1010. The third-order valence-electron chi connectivity index (χ3n) is 4.83. The van der Waals surface area contributed by atoms with Gasteiger partial charge in [0.05, 0.1) is 25.6 Å². The summed E-state index contributed by atoms with van der Waals surface area (Å²) in [6, 6.07) is 11.7. The van der Waals surface area contributed by atoms with Crippen LogP contribution in [0.15, 0.2) is 42.5 Å². The fraction of sp³-hybridized carbons (Fsp3) is 0.375. The third-order valence-corrected chi connectivity index (χ3v) is 4.83.